The van der Waals surface area contributed by atoms with Crippen LogP contribution in [0.4, 0.5) is 5.69 Å². The van der Waals surface area contributed by atoms with Crippen LogP contribution in [0.15, 0.2) is 28.8 Å². The maximum Gasteiger partial charge on any atom is 0.270 e. The minimum atomic E-state index is -0.552. The Hall–Kier alpha value is -2.77. The smallest absolute Gasteiger partial charge is 0.270 e. The third kappa shape index (κ3) is 3.16. The maximum absolute atomic E-state index is 11.8. The van der Waals surface area contributed by atoms with Crippen molar-refractivity contribution >= 4 is 11.6 Å². The Labute approximate surface area is 113 Å². The van der Waals surface area contributed by atoms with Crippen LogP contribution in [0.2, 0.25) is 0 Å². The summed E-state index contributed by atoms with van der Waals surface area (Å²) in [6.07, 6.45) is 0.617. The quantitative estimate of drug-likeness (QED) is 0.653. The maximum atomic E-state index is 11.8. The molecule has 0 saturated carbocycles. The molecule has 0 spiro atoms. The molecule has 0 aliphatic carbocycles. The van der Waals surface area contributed by atoms with Crippen LogP contribution in [-0.2, 0) is 13.0 Å². The fourth-order valence-electron chi connectivity index (χ4n) is 1.53. The van der Waals surface area contributed by atoms with Gasteiger partial charge in [0.2, 0.25) is 5.89 Å². The van der Waals surface area contributed by atoms with Crippen molar-refractivity contribution in [3.05, 3.63) is 51.7 Å². The molecule has 0 aliphatic heterocycles. The third-order valence-corrected chi connectivity index (χ3v) is 2.54. The Balaban J connectivity index is 2.01. The van der Waals surface area contributed by atoms with E-state index in [0.717, 1.165) is 0 Å². The van der Waals surface area contributed by atoms with Gasteiger partial charge in [0, 0.05) is 24.1 Å². The molecule has 1 aromatic heterocycles. The van der Waals surface area contributed by atoms with Gasteiger partial charge in [-0.15, -0.1) is 0 Å². The largest absolute Gasteiger partial charge is 0.345 e. The van der Waals surface area contributed by atoms with Gasteiger partial charge in [0.15, 0.2) is 5.82 Å². The number of aryl methyl sites for hydroxylation is 1. The van der Waals surface area contributed by atoms with Gasteiger partial charge in [-0.25, -0.2) is 0 Å². The number of aromatic nitrogens is 2. The molecule has 0 atom stereocenters. The van der Waals surface area contributed by atoms with Gasteiger partial charge in [-0.05, 0) is 6.07 Å². The highest BCUT2D eigenvalue weighted by Gasteiger charge is 2.12. The monoisotopic (exact) mass is 276 g/mol. The molecule has 8 nitrogen and oxygen atoms in total. The van der Waals surface area contributed by atoms with E-state index in [1.54, 1.807) is 0 Å². The second-order valence-corrected chi connectivity index (χ2v) is 3.95. The number of rotatable bonds is 5. The molecule has 0 radical (unpaired) electrons. The second-order valence-electron chi connectivity index (χ2n) is 3.95. The lowest BCUT2D eigenvalue weighted by molar-refractivity contribution is -0.384. The lowest BCUT2D eigenvalue weighted by Gasteiger charge is -2.02. The normalized spacial score (nSPS) is 10.2. The van der Waals surface area contributed by atoms with E-state index in [4.69, 9.17) is 4.52 Å². The van der Waals surface area contributed by atoms with Gasteiger partial charge in [0.25, 0.3) is 11.6 Å². The van der Waals surface area contributed by atoms with Crippen LogP contribution in [0.25, 0.3) is 0 Å². The van der Waals surface area contributed by atoms with Crippen LogP contribution in [0.3, 0.4) is 0 Å². The molecule has 1 aromatic carbocycles. The van der Waals surface area contributed by atoms with E-state index < -0.39 is 10.8 Å². The van der Waals surface area contributed by atoms with Gasteiger partial charge in [-0.1, -0.05) is 18.1 Å². The Morgan fingerprint density at radius 3 is 2.95 bits per heavy atom. The first-order valence-electron chi connectivity index (χ1n) is 5.94. The molecule has 0 unspecified atom stereocenters. The number of non-ortho nitro benzene ring substituents is 1. The fourth-order valence-corrected chi connectivity index (χ4v) is 1.53. The van der Waals surface area contributed by atoms with E-state index >= 15 is 0 Å². The zero-order chi connectivity index (χ0) is 14.5. The summed E-state index contributed by atoms with van der Waals surface area (Å²) in [4.78, 5) is 26.0. The van der Waals surface area contributed by atoms with Crippen molar-refractivity contribution < 1.29 is 14.2 Å². The molecule has 0 aliphatic rings. The molecule has 1 heterocycles. The molecule has 104 valence electrons. The highest BCUT2D eigenvalue weighted by molar-refractivity contribution is 5.94. The summed E-state index contributed by atoms with van der Waals surface area (Å²) in [6, 6.07) is 5.49. The van der Waals surface area contributed by atoms with Crippen molar-refractivity contribution in [2.24, 2.45) is 0 Å². The van der Waals surface area contributed by atoms with Crippen molar-refractivity contribution in [3.63, 3.8) is 0 Å². The van der Waals surface area contributed by atoms with Crippen molar-refractivity contribution in [3.8, 4) is 0 Å². The van der Waals surface area contributed by atoms with E-state index in [0.29, 0.717) is 18.1 Å². The number of nitro groups is 1. The number of hydrogen-bond donors (Lipinski definition) is 1. The van der Waals surface area contributed by atoms with Gasteiger partial charge in [0.05, 0.1) is 11.5 Å². The Bertz CT molecular complexity index is 638. The van der Waals surface area contributed by atoms with Crippen LogP contribution < -0.4 is 5.32 Å². The average Bonchev–Trinajstić information content (AvgIpc) is 2.93. The molecule has 20 heavy (non-hydrogen) atoms. The number of nitrogens with one attached hydrogen (secondary N) is 1. The summed E-state index contributed by atoms with van der Waals surface area (Å²) >= 11 is 0. The van der Waals surface area contributed by atoms with Gasteiger partial charge in [-0.3, -0.25) is 14.9 Å². The number of nitro benzene ring substituents is 1. The number of hydrogen-bond acceptors (Lipinski definition) is 6. The van der Waals surface area contributed by atoms with Crippen molar-refractivity contribution in [2.75, 3.05) is 0 Å². The third-order valence-electron chi connectivity index (χ3n) is 2.54. The van der Waals surface area contributed by atoms with Crippen LogP contribution in [-0.4, -0.2) is 21.0 Å². The fraction of sp³-hybridized carbons (Fsp3) is 0.250. The number of benzene rings is 1. The first-order chi connectivity index (χ1) is 9.60. The summed E-state index contributed by atoms with van der Waals surface area (Å²) in [5, 5.41) is 16.9. The minimum Gasteiger partial charge on any atom is -0.345 e. The zero-order valence-electron chi connectivity index (χ0n) is 10.7. The average molecular weight is 276 g/mol. The van der Waals surface area contributed by atoms with Crippen molar-refractivity contribution in [1.82, 2.24) is 15.5 Å². The predicted octanol–water partition coefficient (Wildman–Crippen LogP) is 1.47. The minimum absolute atomic E-state index is 0.102. The Morgan fingerprint density at radius 2 is 2.30 bits per heavy atom. The summed E-state index contributed by atoms with van der Waals surface area (Å²) in [6.45, 7) is 1.98. The molecule has 2 rings (SSSR count). The van der Waals surface area contributed by atoms with E-state index in [2.05, 4.69) is 15.5 Å². The lowest BCUT2D eigenvalue weighted by atomic mass is 10.2. The van der Waals surface area contributed by atoms with Crippen molar-refractivity contribution in [1.29, 1.82) is 0 Å². The number of amides is 1. The topological polar surface area (TPSA) is 111 Å². The van der Waals surface area contributed by atoms with Crippen LogP contribution in [0.5, 0.6) is 0 Å². The molecule has 8 heteroatoms. The summed E-state index contributed by atoms with van der Waals surface area (Å²) in [5.74, 6) is 0.418. The molecule has 0 bridgehead atoms. The first-order valence-corrected chi connectivity index (χ1v) is 5.94. The number of nitrogens with zero attached hydrogens (tertiary/aromatic N) is 3. The number of carbonyl (C=O) groups is 1. The van der Waals surface area contributed by atoms with E-state index in [9.17, 15) is 14.9 Å². The molecular weight excluding hydrogens is 264 g/mol. The molecule has 0 fully saturated rings. The summed E-state index contributed by atoms with van der Waals surface area (Å²) < 4.78 is 4.90. The predicted molar refractivity (Wildman–Crippen MR) is 67.9 cm³/mol. The number of carbonyl (C=O) groups excluding carboxylic acids is 1. The van der Waals surface area contributed by atoms with Gasteiger partial charge < -0.3 is 9.84 Å². The van der Waals surface area contributed by atoms with Crippen LogP contribution in [0, 0.1) is 10.1 Å². The zero-order valence-corrected chi connectivity index (χ0v) is 10.7. The Morgan fingerprint density at radius 1 is 1.50 bits per heavy atom. The molecular formula is C12H12N4O4. The highest BCUT2D eigenvalue weighted by atomic mass is 16.6. The standard InChI is InChI=1S/C12H12N4O4/c1-2-11-14-10(15-20-11)7-13-12(17)8-4-3-5-9(6-8)16(18)19/h3-6H,2,7H2,1H3,(H,13,17). The highest BCUT2D eigenvalue weighted by Crippen LogP contribution is 2.13. The van der Waals surface area contributed by atoms with E-state index in [-0.39, 0.29) is 17.8 Å². The summed E-state index contributed by atoms with van der Waals surface area (Å²) in [7, 11) is 0. The first kappa shape index (κ1) is 13.7. The second kappa shape index (κ2) is 5.91. The van der Waals surface area contributed by atoms with Crippen LogP contribution in [0.1, 0.15) is 29.0 Å². The van der Waals surface area contributed by atoms with Crippen molar-refractivity contribution in [2.45, 2.75) is 19.9 Å². The summed E-state index contributed by atoms with van der Waals surface area (Å²) in [5.41, 5.74) is 0.0730. The Kier molecular flexibility index (Phi) is 4.04. The van der Waals surface area contributed by atoms with Gasteiger partial charge in [0.1, 0.15) is 0 Å². The lowest BCUT2D eigenvalue weighted by Crippen LogP contribution is -2.23. The molecule has 1 amide bonds. The van der Waals surface area contributed by atoms with Gasteiger partial charge in [-0.2, -0.15) is 4.98 Å². The van der Waals surface area contributed by atoms with Gasteiger partial charge >= 0.3 is 0 Å². The SMILES string of the molecule is CCc1nc(CNC(=O)c2cccc([N+](=O)[O-])c2)no1. The molecule has 0 saturated heterocycles. The molecule has 2 aromatic rings. The van der Waals surface area contributed by atoms with Crippen LogP contribution >= 0.6 is 0 Å². The van der Waals surface area contributed by atoms with E-state index in [1.165, 1.54) is 24.3 Å². The van der Waals surface area contributed by atoms with E-state index in [1.807, 2.05) is 6.92 Å². The molecule has 1 N–H and O–H groups in total.